The maximum absolute atomic E-state index is 11.9. The zero-order valence-corrected chi connectivity index (χ0v) is 10.7. The Balaban J connectivity index is 1.69. The fraction of sp³-hybridized carbons (Fsp3) is 0.929. The average Bonchev–Trinajstić information content (AvgIpc) is 2.37. The third kappa shape index (κ3) is 3.98. The highest BCUT2D eigenvalue weighted by Crippen LogP contribution is 2.26. The van der Waals surface area contributed by atoms with Crippen molar-refractivity contribution in [2.45, 2.75) is 63.8 Å². The van der Waals surface area contributed by atoms with Crippen molar-refractivity contribution in [3.63, 3.8) is 0 Å². The fourth-order valence-electron chi connectivity index (χ4n) is 3.11. The highest BCUT2D eigenvalue weighted by molar-refractivity contribution is 5.72. The van der Waals surface area contributed by atoms with Crippen LogP contribution >= 0.6 is 0 Å². The first-order valence-corrected chi connectivity index (χ1v) is 7.18. The molecule has 2 saturated carbocycles. The summed E-state index contributed by atoms with van der Waals surface area (Å²) in [6.07, 6.45) is 10.3. The number of carbonyl (C=O) groups excluding carboxylic acids is 1. The Labute approximate surface area is 104 Å². The van der Waals surface area contributed by atoms with Crippen molar-refractivity contribution >= 4 is 5.97 Å². The van der Waals surface area contributed by atoms with Crippen LogP contribution in [0.1, 0.15) is 57.8 Å². The maximum Gasteiger partial charge on any atom is 0.308 e. The second-order valence-electron chi connectivity index (χ2n) is 5.76. The van der Waals surface area contributed by atoms with Crippen molar-refractivity contribution in [2.75, 3.05) is 6.61 Å². The van der Waals surface area contributed by atoms with Crippen molar-refractivity contribution in [3.8, 4) is 0 Å². The Morgan fingerprint density at radius 3 is 2.53 bits per heavy atom. The fourth-order valence-corrected chi connectivity index (χ4v) is 3.11. The van der Waals surface area contributed by atoms with E-state index in [4.69, 9.17) is 10.5 Å². The van der Waals surface area contributed by atoms with Gasteiger partial charge in [-0.2, -0.15) is 0 Å². The Morgan fingerprint density at radius 2 is 1.82 bits per heavy atom. The van der Waals surface area contributed by atoms with Crippen molar-refractivity contribution in [1.82, 2.24) is 0 Å². The molecule has 17 heavy (non-hydrogen) atoms. The minimum Gasteiger partial charge on any atom is -0.465 e. The number of hydrogen-bond acceptors (Lipinski definition) is 3. The summed E-state index contributed by atoms with van der Waals surface area (Å²) in [5.74, 6) is 0.693. The van der Waals surface area contributed by atoms with Crippen LogP contribution in [0.15, 0.2) is 0 Å². The summed E-state index contributed by atoms with van der Waals surface area (Å²) in [6.45, 7) is 0.643. The molecule has 3 nitrogen and oxygen atoms in total. The third-order valence-corrected chi connectivity index (χ3v) is 4.23. The van der Waals surface area contributed by atoms with Crippen LogP contribution in [0.25, 0.3) is 0 Å². The zero-order chi connectivity index (χ0) is 12.1. The molecule has 0 amide bonds. The molecule has 2 aliphatic carbocycles. The van der Waals surface area contributed by atoms with Gasteiger partial charge < -0.3 is 10.5 Å². The lowest BCUT2D eigenvalue weighted by molar-refractivity contribution is -0.151. The Kier molecular flexibility index (Phi) is 4.84. The van der Waals surface area contributed by atoms with E-state index < -0.39 is 0 Å². The second kappa shape index (κ2) is 6.39. The van der Waals surface area contributed by atoms with E-state index in [9.17, 15) is 4.79 Å². The van der Waals surface area contributed by atoms with Crippen LogP contribution in [-0.2, 0) is 9.53 Å². The molecule has 2 N–H and O–H groups in total. The molecule has 2 rings (SSSR count). The van der Waals surface area contributed by atoms with Crippen LogP contribution in [0.5, 0.6) is 0 Å². The van der Waals surface area contributed by atoms with Crippen LogP contribution < -0.4 is 5.73 Å². The van der Waals surface area contributed by atoms with Crippen LogP contribution in [0.4, 0.5) is 0 Å². The molecular weight excluding hydrogens is 214 g/mol. The van der Waals surface area contributed by atoms with Crippen molar-refractivity contribution in [2.24, 2.45) is 17.6 Å². The topological polar surface area (TPSA) is 52.3 Å². The van der Waals surface area contributed by atoms with Crippen LogP contribution in [-0.4, -0.2) is 18.6 Å². The van der Waals surface area contributed by atoms with Crippen molar-refractivity contribution in [3.05, 3.63) is 0 Å². The lowest BCUT2D eigenvalue weighted by Gasteiger charge is -2.26. The first kappa shape index (κ1) is 12.9. The molecule has 0 spiro atoms. The van der Waals surface area contributed by atoms with Gasteiger partial charge in [0.15, 0.2) is 0 Å². The van der Waals surface area contributed by atoms with E-state index in [-0.39, 0.29) is 17.9 Å². The van der Waals surface area contributed by atoms with Crippen molar-refractivity contribution in [1.29, 1.82) is 0 Å². The number of ether oxygens (including phenoxy) is 1. The summed E-state index contributed by atoms with van der Waals surface area (Å²) < 4.78 is 5.47. The van der Waals surface area contributed by atoms with Gasteiger partial charge >= 0.3 is 5.97 Å². The molecule has 3 heteroatoms. The number of esters is 1. The van der Waals surface area contributed by atoms with Gasteiger partial charge in [0.25, 0.3) is 0 Å². The van der Waals surface area contributed by atoms with Gasteiger partial charge in [-0.1, -0.05) is 25.7 Å². The highest BCUT2D eigenvalue weighted by atomic mass is 16.5. The van der Waals surface area contributed by atoms with Gasteiger partial charge in [0.2, 0.25) is 0 Å². The molecular formula is C14H25NO2. The van der Waals surface area contributed by atoms with Gasteiger partial charge in [-0.15, -0.1) is 0 Å². The lowest BCUT2D eigenvalue weighted by atomic mass is 9.86. The van der Waals surface area contributed by atoms with Gasteiger partial charge in [-0.3, -0.25) is 4.79 Å². The monoisotopic (exact) mass is 239 g/mol. The zero-order valence-electron chi connectivity index (χ0n) is 10.7. The molecule has 0 bridgehead atoms. The number of rotatable bonds is 3. The minimum atomic E-state index is 0.00530. The van der Waals surface area contributed by atoms with E-state index in [1.54, 1.807) is 0 Å². The summed E-state index contributed by atoms with van der Waals surface area (Å²) >= 11 is 0. The smallest absolute Gasteiger partial charge is 0.308 e. The predicted molar refractivity (Wildman–Crippen MR) is 67.5 cm³/mol. The van der Waals surface area contributed by atoms with Gasteiger partial charge in [0, 0.05) is 6.04 Å². The predicted octanol–water partition coefficient (Wildman–Crippen LogP) is 2.63. The summed E-state index contributed by atoms with van der Waals surface area (Å²) in [5.41, 5.74) is 5.89. The van der Waals surface area contributed by atoms with E-state index >= 15 is 0 Å². The molecule has 0 aliphatic heterocycles. The molecule has 2 aliphatic rings. The molecule has 0 saturated heterocycles. The lowest BCUT2D eigenvalue weighted by Crippen LogP contribution is -2.33. The quantitative estimate of drug-likeness (QED) is 0.770. The molecule has 0 heterocycles. The number of nitrogens with two attached hydrogens (primary N) is 1. The minimum absolute atomic E-state index is 0.00530. The van der Waals surface area contributed by atoms with E-state index in [2.05, 4.69) is 0 Å². The highest BCUT2D eigenvalue weighted by Gasteiger charge is 2.27. The molecule has 2 unspecified atom stereocenters. The Bertz CT molecular complexity index is 249. The van der Waals surface area contributed by atoms with E-state index in [1.165, 1.54) is 32.1 Å². The second-order valence-corrected chi connectivity index (χ2v) is 5.76. The normalized spacial score (nSPS) is 31.1. The first-order chi connectivity index (χ1) is 8.25. The molecule has 0 aromatic heterocycles. The van der Waals surface area contributed by atoms with Gasteiger partial charge in [0.1, 0.15) is 0 Å². The molecule has 0 radical (unpaired) electrons. The molecule has 2 fully saturated rings. The van der Waals surface area contributed by atoms with Crippen LogP contribution in [0.2, 0.25) is 0 Å². The summed E-state index contributed by atoms with van der Waals surface area (Å²) in [4.78, 5) is 11.9. The third-order valence-electron chi connectivity index (χ3n) is 4.23. The maximum atomic E-state index is 11.9. The largest absolute Gasteiger partial charge is 0.465 e. The van der Waals surface area contributed by atoms with Crippen LogP contribution in [0, 0.1) is 11.8 Å². The SMILES string of the molecule is NC1CCCC(C(=O)OCC2CCCCC2)C1. The number of carbonyl (C=O) groups is 1. The standard InChI is InChI=1S/C14H25NO2/c15-13-8-4-7-12(9-13)14(16)17-10-11-5-2-1-3-6-11/h11-13H,1-10,15H2. The molecule has 0 aromatic carbocycles. The van der Waals surface area contributed by atoms with E-state index in [0.717, 1.165) is 25.7 Å². The Hall–Kier alpha value is -0.570. The summed E-state index contributed by atoms with van der Waals surface area (Å²) in [7, 11) is 0. The van der Waals surface area contributed by atoms with Gasteiger partial charge in [-0.25, -0.2) is 0 Å². The summed E-state index contributed by atoms with van der Waals surface area (Å²) in [6, 6.07) is 0.205. The molecule has 2 atom stereocenters. The average molecular weight is 239 g/mol. The van der Waals surface area contributed by atoms with Crippen LogP contribution in [0.3, 0.4) is 0 Å². The van der Waals surface area contributed by atoms with Gasteiger partial charge in [0.05, 0.1) is 12.5 Å². The summed E-state index contributed by atoms with van der Waals surface area (Å²) in [5, 5.41) is 0. The van der Waals surface area contributed by atoms with E-state index in [0.29, 0.717) is 12.5 Å². The van der Waals surface area contributed by atoms with Gasteiger partial charge in [-0.05, 0) is 38.0 Å². The number of hydrogen-bond donors (Lipinski definition) is 1. The van der Waals surface area contributed by atoms with Crippen molar-refractivity contribution < 1.29 is 9.53 Å². The molecule has 0 aromatic rings. The first-order valence-electron chi connectivity index (χ1n) is 7.18. The van der Waals surface area contributed by atoms with E-state index in [1.807, 2.05) is 0 Å². The Morgan fingerprint density at radius 1 is 1.06 bits per heavy atom. The molecule has 98 valence electrons.